The van der Waals surface area contributed by atoms with Gasteiger partial charge in [0.25, 0.3) is 0 Å². The first-order chi connectivity index (χ1) is 8.67. The molecule has 7 heteroatoms. The number of halogens is 1. The third-order valence-electron chi connectivity index (χ3n) is 2.01. The molecule has 0 radical (unpaired) electrons. The lowest BCUT2D eigenvalue weighted by Gasteiger charge is -2.07. The minimum atomic E-state index is 0.119. The van der Waals surface area contributed by atoms with Crippen LogP contribution in [-0.4, -0.2) is 21.6 Å². The summed E-state index contributed by atoms with van der Waals surface area (Å²) in [6.07, 6.45) is 0. The average Bonchev–Trinajstić information content (AvgIpc) is 2.32. The van der Waals surface area contributed by atoms with Crippen molar-refractivity contribution in [1.82, 2.24) is 15.0 Å². The minimum absolute atomic E-state index is 0.119. The van der Waals surface area contributed by atoms with Gasteiger partial charge in [-0.1, -0.05) is 15.9 Å². The fraction of sp³-hybridized carbons (Fsp3) is 0.182. The summed E-state index contributed by atoms with van der Waals surface area (Å²) in [5.74, 6) is 0.473. The van der Waals surface area contributed by atoms with Gasteiger partial charge in [0.05, 0.1) is 6.61 Å². The third kappa shape index (κ3) is 3.30. The van der Waals surface area contributed by atoms with E-state index in [1.54, 1.807) is 0 Å². The van der Waals surface area contributed by atoms with Gasteiger partial charge in [0.15, 0.2) is 0 Å². The van der Waals surface area contributed by atoms with E-state index in [4.69, 9.17) is 10.5 Å². The summed E-state index contributed by atoms with van der Waals surface area (Å²) >= 11 is 3.37. The minimum Gasteiger partial charge on any atom is -0.464 e. The summed E-state index contributed by atoms with van der Waals surface area (Å²) in [6, 6.07) is 7.83. The average molecular weight is 310 g/mol. The fourth-order valence-electron chi connectivity index (χ4n) is 1.28. The molecule has 3 N–H and O–H groups in total. The standard InChI is InChI=1S/C11H12BrN5O/c1-2-18-11-16-9(13)15-10(17-11)14-8-5-3-7(12)4-6-8/h3-6H,2H2,1H3,(H3,13,14,15,16,17). The van der Waals surface area contributed by atoms with E-state index in [-0.39, 0.29) is 12.0 Å². The Labute approximate surface area is 113 Å². The lowest BCUT2D eigenvalue weighted by Crippen LogP contribution is -2.06. The van der Waals surface area contributed by atoms with E-state index < -0.39 is 0 Å². The van der Waals surface area contributed by atoms with Gasteiger partial charge >= 0.3 is 6.01 Å². The number of hydrogen-bond acceptors (Lipinski definition) is 6. The van der Waals surface area contributed by atoms with Crippen LogP contribution in [0.25, 0.3) is 0 Å². The molecule has 1 heterocycles. The van der Waals surface area contributed by atoms with E-state index in [2.05, 4.69) is 36.2 Å². The summed E-state index contributed by atoms with van der Waals surface area (Å²) in [5, 5.41) is 3.03. The van der Waals surface area contributed by atoms with Crippen LogP contribution in [-0.2, 0) is 0 Å². The van der Waals surface area contributed by atoms with Crippen LogP contribution in [0.15, 0.2) is 28.7 Å². The summed E-state index contributed by atoms with van der Waals surface area (Å²) in [7, 11) is 0. The Morgan fingerprint density at radius 1 is 1.22 bits per heavy atom. The van der Waals surface area contributed by atoms with Crippen LogP contribution in [0.4, 0.5) is 17.6 Å². The monoisotopic (exact) mass is 309 g/mol. The van der Waals surface area contributed by atoms with E-state index in [0.717, 1.165) is 10.2 Å². The van der Waals surface area contributed by atoms with Gasteiger partial charge in [0.2, 0.25) is 11.9 Å². The van der Waals surface area contributed by atoms with E-state index >= 15 is 0 Å². The number of aromatic nitrogens is 3. The lowest BCUT2D eigenvalue weighted by molar-refractivity contribution is 0.312. The number of rotatable bonds is 4. The Morgan fingerprint density at radius 2 is 1.94 bits per heavy atom. The molecular formula is C11H12BrN5O. The second kappa shape index (κ2) is 5.63. The van der Waals surface area contributed by atoms with Gasteiger partial charge in [0.1, 0.15) is 0 Å². The fourth-order valence-corrected chi connectivity index (χ4v) is 1.55. The molecule has 1 aromatic heterocycles. The Hall–Kier alpha value is -1.89. The Kier molecular flexibility index (Phi) is 3.93. The predicted octanol–water partition coefficient (Wildman–Crippen LogP) is 2.36. The van der Waals surface area contributed by atoms with E-state index in [1.165, 1.54) is 0 Å². The highest BCUT2D eigenvalue weighted by Crippen LogP contribution is 2.18. The normalized spacial score (nSPS) is 10.1. The first kappa shape index (κ1) is 12.6. The second-order valence-electron chi connectivity index (χ2n) is 3.36. The third-order valence-corrected chi connectivity index (χ3v) is 2.53. The Bertz CT molecular complexity index is 531. The van der Waals surface area contributed by atoms with Crippen LogP contribution in [0, 0.1) is 0 Å². The van der Waals surface area contributed by atoms with E-state index in [9.17, 15) is 0 Å². The van der Waals surface area contributed by atoms with Crippen molar-refractivity contribution in [2.24, 2.45) is 0 Å². The number of nitrogens with two attached hydrogens (primary N) is 1. The molecule has 0 atom stereocenters. The largest absolute Gasteiger partial charge is 0.464 e. The first-order valence-corrected chi connectivity index (χ1v) is 6.13. The second-order valence-corrected chi connectivity index (χ2v) is 4.28. The Balaban J connectivity index is 2.20. The molecule has 2 aromatic rings. The zero-order chi connectivity index (χ0) is 13.0. The number of nitrogens with one attached hydrogen (secondary N) is 1. The van der Waals surface area contributed by atoms with Gasteiger partial charge in [-0.15, -0.1) is 0 Å². The SMILES string of the molecule is CCOc1nc(N)nc(Nc2ccc(Br)cc2)n1. The molecule has 0 saturated carbocycles. The van der Waals surface area contributed by atoms with Crippen molar-refractivity contribution in [2.45, 2.75) is 6.92 Å². The quantitative estimate of drug-likeness (QED) is 0.901. The van der Waals surface area contributed by atoms with Crippen molar-refractivity contribution >= 4 is 33.5 Å². The highest BCUT2D eigenvalue weighted by molar-refractivity contribution is 9.10. The summed E-state index contributed by atoms with van der Waals surface area (Å²) < 4.78 is 6.19. The summed E-state index contributed by atoms with van der Waals surface area (Å²) in [4.78, 5) is 11.9. The van der Waals surface area contributed by atoms with Gasteiger partial charge in [-0.3, -0.25) is 0 Å². The molecule has 0 saturated heterocycles. The number of nitrogens with zero attached hydrogens (tertiary/aromatic N) is 3. The van der Waals surface area contributed by atoms with Crippen molar-refractivity contribution in [3.05, 3.63) is 28.7 Å². The molecule has 0 fully saturated rings. The van der Waals surface area contributed by atoms with Gasteiger partial charge in [-0.2, -0.15) is 15.0 Å². The molecule has 18 heavy (non-hydrogen) atoms. The van der Waals surface area contributed by atoms with Crippen LogP contribution in [0.3, 0.4) is 0 Å². The number of nitrogen functional groups attached to an aromatic ring is 1. The Morgan fingerprint density at radius 3 is 2.61 bits per heavy atom. The lowest BCUT2D eigenvalue weighted by atomic mass is 10.3. The van der Waals surface area contributed by atoms with Gasteiger partial charge in [-0.05, 0) is 31.2 Å². The molecule has 6 nitrogen and oxygen atoms in total. The summed E-state index contributed by atoms with van der Waals surface area (Å²) in [6.45, 7) is 2.32. The van der Waals surface area contributed by atoms with Crippen molar-refractivity contribution < 1.29 is 4.74 Å². The van der Waals surface area contributed by atoms with Crippen LogP contribution in [0.5, 0.6) is 6.01 Å². The number of ether oxygens (including phenoxy) is 1. The van der Waals surface area contributed by atoms with Gasteiger partial charge in [-0.25, -0.2) is 0 Å². The van der Waals surface area contributed by atoms with Gasteiger partial charge < -0.3 is 15.8 Å². The molecule has 0 aliphatic rings. The van der Waals surface area contributed by atoms with Crippen LogP contribution >= 0.6 is 15.9 Å². The molecule has 0 aliphatic carbocycles. The van der Waals surface area contributed by atoms with Crippen molar-refractivity contribution in [1.29, 1.82) is 0 Å². The molecule has 0 aliphatic heterocycles. The molecule has 94 valence electrons. The van der Waals surface area contributed by atoms with Crippen molar-refractivity contribution in [3.8, 4) is 6.01 Å². The number of anilines is 3. The topological polar surface area (TPSA) is 86.0 Å². The van der Waals surface area contributed by atoms with Crippen LogP contribution in [0.2, 0.25) is 0 Å². The first-order valence-electron chi connectivity index (χ1n) is 5.34. The number of benzene rings is 1. The molecule has 0 spiro atoms. The van der Waals surface area contributed by atoms with Crippen molar-refractivity contribution in [2.75, 3.05) is 17.7 Å². The molecule has 0 unspecified atom stereocenters. The predicted molar refractivity (Wildman–Crippen MR) is 72.8 cm³/mol. The summed E-state index contributed by atoms with van der Waals surface area (Å²) in [5.41, 5.74) is 6.43. The van der Waals surface area contributed by atoms with E-state index in [1.807, 2.05) is 31.2 Å². The molecule has 0 amide bonds. The maximum atomic E-state index is 5.58. The zero-order valence-electron chi connectivity index (χ0n) is 9.72. The molecular weight excluding hydrogens is 298 g/mol. The zero-order valence-corrected chi connectivity index (χ0v) is 11.3. The smallest absolute Gasteiger partial charge is 0.323 e. The molecule has 2 rings (SSSR count). The number of hydrogen-bond donors (Lipinski definition) is 2. The maximum Gasteiger partial charge on any atom is 0.323 e. The molecule has 0 bridgehead atoms. The van der Waals surface area contributed by atoms with Gasteiger partial charge in [0, 0.05) is 10.2 Å². The highest BCUT2D eigenvalue weighted by atomic mass is 79.9. The maximum absolute atomic E-state index is 5.58. The highest BCUT2D eigenvalue weighted by Gasteiger charge is 2.05. The van der Waals surface area contributed by atoms with Crippen LogP contribution in [0.1, 0.15) is 6.92 Å². The van der Waals surface area contributed by atoms with E-state index in [0.29, 0.717) is 12.6 Å². The molecule has 1 aromatic carbocycles. The van der Waals surface area contributed by atoms with Crippen LogP contribution < -0.4 is 15.8 Å². The van der Waals surface area contributed by atoms with Crippen molar-refractivity contribution in [3.63, 3.8) is 0 Å².